The van der Waals surface area contributed by atoms with E-state index < -0.39 is 0 Å². The van der Waals surface area contributed by atoms with Crippen LogP contribution in [0.2, 0.25) is 0 Å². The molecule has 1 unspecified atom stereocenters. The van der Waals surface area contributed by atoms with Gasteiger partial charge in [-0.05, 0) is 43.0 Å². The van der Waals surface area contributed by atoms with Gasteiger partial charge < -0.3 is 10.6 Å². The normalized spacial score (nSPS) is 15.7. The Morgan fingerprint density at radius 2 is 2.11 bits per heavy atom. The van der Waals surface area contributed by atoms with Gasteiger partial charge in [0.2, 0.25) is 0 Å². The number of nitrogens with two attached hydrogens (primary N) is 1. The third-order valence-electron chi connectivity index (χ3n) is 3.73. The van der Waals surface area contributed by atoms with Crippen molar-refractivity contribution >= 4 is 5.84 Å². The van der Waals surface area contributed by atoms with Crippen molar-refractivity contribution < 1.29 is 0 Å². The van der Waals surface area contributed by atoms with Crippen molar-refractivity contribution in [2.45, 2.75) is 32.7 Å². The van der Waals surface area contributed by atoms with Gasteiger partial charge in [0.05, 0.1) is 5.84 Å². The monoisotopic (exact) mass is 245 g/mol. The molecule has 3 heteroatoms. The first-order valence-electron chi connectivity index (χ1n) is 6.69. The van der Waals surface area contributed by atoms with Gasteiger partial charge in [-0.15, -0.1) is 0 Å². The molecule has 0 amide bonds. The molecule has 2 rings (SSSR count). The van der Waals surface area contributed by atoms with Gasteiger partial charge in [-0.3, -0.25) is 5.41 Å². The van der Waals surface area contributed by atoms with E-state index in [1.54, 1.807) is 0 Å². The van der Waals surface area contributed by atoms with Gasteiger partial charge in [-0.2, -0.15) is 0 Å². The van der Waals surface area contributed by atoms with Crippen LogP contribution in [0.4, 0.5) is 0 Å². The van der Waals surface area contributed by atoms with Gasteiger partial charge >= 0.3 is 0 Å². The van der Waals surface area contributed by atoms with E-state index in [1.165, 1.54) is 36.0 Å². The maximum absolute atomic E-state index is 7.42. The Morgan fingerprint density at radius 3 is 2.83 bits per heavy atom. The molecule has 0 bridgehead atoms. The fourth-order valence-corrected chi connectivity index (χ4v) is 2.67. The van der Waals surface area contributed by atoms with Crippen LogP contribution in [-0.2, 0) is 19.4 Å². The smallest absolute Gasteiger partial charge is 0.0947 e. The van der Waals surface area contributed by atoms with E-state index in [1.807, 2.05) is 6.92 Å². The Kier molecular flexibility index (Phi) is 4.02. The molecular formula is C15H23N3. The van der Waals surface area contributed by atoms with Gasteiger partial charge in [0, 0.05) is 19.0 Å². The molecule has 0 fully saturated rings. The average molecular weight is 245 g/mol. The van der Waals surface area contributed by atoms with Gasteiger partial charge in [0.15, 0.2) is 0 Å². The maximum atomic E-state index is 7.42. The number of benzene rings is 1. The highest BCUT2D eigenvalue weighted by molar-refractivity contribution is 5.79. The molecule has 0 heterocycles. The highest BCUT2D eigenvalue weighted by Crippen LogP contribution is 2.23. The van der Waals surface area contributed by atoms with Crippen LogP contribution in [-0.4, -0.2) is 24.3 Å². The molecule has 1 aromatic rings. The van der Waals surface area contributed by atoms with Gasteiger partial charge in [0.1, 0.15) is 0 Å². The lowest BCUT2D eigenvalue weighted by Crippen LogP contribution is -2.31. The lowest BCUT2D eigenvalue weighted by atomic mass is 10.1. The zero-order valence-corrected chi connectivity index (χ0v) is 11.4. The van der Waals surface area contributed by atoms with Crippen LogP contribution in [0.1, 0.15) is 30.0 Å². The predicted molar refractivity (Wildman–Crippen MR) is 75.9 cm³/mol. The minimum atomic E-state index is 0.129. The van der Waals surface area contributed by atoms with E-state index in [9.17, 15) is 0 Å². The van der Waals surface area contributed by atoms with Gasteiger partial charge in [-0.25, -0.2) is 0 Å². The molecule has 0 aliphatic heterocycles. The second-order valence-corrected chi connectivity index (χ2v) is 5.51. The standard InChI is InChI=1S/C15H23N3/c1-11(15(16)17)9-18(2)10-12-6-7-13-4-3-5-14(13)8-12/h6-8,11H,3-5,9-10H2,1-2H3,(H3,16,17). The summed E-state index contributed by atoms with van der Waals surface area (Å²) in [7, 11) is 2.09. The largest absolute Gasteiger partial charge is 0.387 e. The molecule has 0 spiro atoms. The first-order chi connectivity index (χ1) is 8.56. The molecule has 1 aromatic carbocycles. The van der Waals surface area contributed by atoms with Crippen LogP contribution in [0.5, 0.6) is 0 Å². The summed E-state index contributed by atoms with van der Waals surface area (Å²) in [5.41, 5.74) is 9.93. The van der Waals surface area contributed by atoms with Crippen molar-refractivity contribution in [3.8, 4) is 0 Å². The van der Waals surface area contributed by atoms with E-state index in [4.69, 9.17) is 11.1 Å². The Labute approximate surface area is 109 Å². The molecule has 1 atom stereocenters. The van der Waals surface area contributed by atoms with Crippen LogP contribution in [0.15, 0.2) is 18.2 Å². The van der Waals surface area contributed by atoms with Crippen molar-refractivity contribution in [3.63, 3.8) is 0 Å². The fraction of sp³-hybridized carbons (Fsp3) is 0.533. The van der Waals surface area contributed by atoms with Crippen molar-refractivity contribution in [2.75, 3.05) is 13.6 Å². The first kappa shape index (κ1) is 13.1. The summed E-state index contributed by atoms with van der Waals surface area (Å²) in [4.78, 5) is 2.24. The van der Waals surface area contributed by atoms with E-state index in [0.29, 0.717) is 0 Å². The number of nitrogens with one attached hydrogen (secondary N) is 1. The number of hydrogen-bond acceptors (Lipinski definition) is 2. The fourth-order valence-electron chi connectivity index (χ4n) is 2.67. The average Bonchev–Trinajstić information content (AvgIpc) is 2.75. The van der Waals surface area contributed by atoms with Crippen molar-refractivity contribution in [2.24, 2.45) is 11.7 Å². The number of amidine groups is 1. The summed E-state index contributed by atoms with van der Waals surface area (Å²) in [5.74, 6) is 0.403. The molecule has 1 aliphatic carbocycles. The van der Waals surface area contributed by atoms with Crippen molar-refractivity contribution in [3.05, 3.63) is 34.9 Å². The second-order valence-electron chi connectivity index (χ2n) is 5.51. The molecule has 3 N–H and O–H groups in total. The number of aryl methyl sites for hydroxylation is 2. The van der Waals surface area contributed by atoms with Crippen LogP contribution >= 0.6 is 0 Å². The van der Waals surface area contributed by atoms with Gasteiger partial charge in [-0.1, -0.05) is 25.1 Å². The molecule has 3 nitrogen and oxygen atoms in total. The predicted octanol–water partition coefficient (Wildman–Crippen LogP) is 2.18. The summed E-state index contributed by atoms with van der Waals surface area (Å²) in [6.07, 6.45) is 3.78. The van der Waals surface area contributed by atoms with Crippen molar-refractivity contribution in [1.29, 1.82) is 5.41 Å². The summed E-state index contributed by atoms with van der Waals surface area (Å²) in [5, 5.41) is 7.42. The zero-order chi connectivity index (χ0) is 13.1. The third-order valence-corrected chi connectivity index (χ3v) is 3.73. The highest BCUT2D eigenvalue weighted by Gasteiger charge is 2.13. The Hall–Kier alpha value is -1.35. The summed E-state index contributed by atoms with van der Waals surface area (Å²) in [6, 6.07) is 6.86. The molecule has 0 saturated heterocycles. The number of hydrogen-bond donors (Lipinski definition) is 2. The number of nitrogens with zero attached hydrogens (tertiary/aromatic N) is 1. The summed E-state index contributed by atoms with van der Waals surface area (Å²) >= 11 is 0. The minimum Gasteiger partial charge on any atom is -0.387 e. The molecule has 0 radical (unpaired) electrons. The lowest BCUT2D eigenvalue weighted by Gasteiger charge is -2.21. The first-order valence-corrected chi connectivity index (χ1v) is 6.69. The van der Waals surface area contributed by atoms with Crippen LogP contribution in [0.3, 0.4) is 0 Å². The summed E-state index contributed by atoms with van der Waals surface area (Å²) in [6.45, 7) is 3.78. The van der Waals surface area contributed by atoms with E-state index in [0.717, 1.165) is 13.1 Å². The van der Waals surface area contributed by atoms with E-state index in [2.05, 4.69) is 30.1 Å². The zero-order valence-electron chi connectivity index (χ0n) is 11.4. The van der Waals surface area contributed by atoms with Crippen LogP contribution < -0.4 is 5.73 Å². The van der Waals surface area contributed by atoms with Crippen molar-refractivity contribution in [1.82, 2.24) is 4.90 Å². The number of rotatable bonds is 5. The second kappa shape index (κ2) is 5.53. The Balaban J connectivity index is 1.95. The minimum absolute atomic E-state index is 0.129. The quantitative estimate of drug-likeness (QED) is 0.617. The lowest BCUT2D eigenvalue weighted by molar-refractivity contribution is 0.306. The number of fused-ring (bicyclic) bond motifs is 1. The molecule has 18 heavy (non-hydrogen) atoms. The van der Waals surface area contributed by atoms with Crippen LogP contribution in [0, 0.1) is 11.3 Å². The maximum Gasteiger partial charge on any atom is 0.0947 e. The highest BCUT2D eigenvalue weighted by atomic mass is 15.1. The Bertz CT molecular complexity index is 439. The molecule has 1 aliphatic rings. The van der Waals surface area contributed by atoms with E-state index in [-0.39, 0.29) is 11.8 Å². The summed E-state index contributed by atoms with van der Waals surface area (Å²) < 4.78 is 0. The van der Waals surface area contributed by atoms with E-state index >= 15 is 0 Å². The van der Waals surface area contributed by atoms with Gasteiger partial charge in [0.25, 0.3) is 0 Å². The molecular weight excluding hydrogens is 222 g/mol. The SMILES string of the molecule is CC(CN(C)Cc1ccc2c(c1)CCC2)C(=N)N. The molecule has 98 valence electrons. The third kappa shape index (κ3) is 3.10. The molecule has 0 saturated carbocycles. The molecule has 0 aromatic heterocycles. The topological polar surface area (TPSA) is 53.1 Å². The van der Waals surface area contributed by atoms with Crippen LogP contribution in [0.25, 0.3) is 0 Å². The Morgan fingerprint density at radius 1 is 1.39 bits per heavy atom.